The molecule has 0 bridgehead atoms. The molecule has 0 aliphatic rings. The van der Waals surface area contributed by atoms with Crippen LogP contribution in [0.5, 0.6) is 5.75 Å². The minimum absolute atomic E-state index is 0.122. The molecule has 0 atom stereocenters. The largest absolute Gasteiger partial charge is 0.490 e. The first kappa shape index (κ1) is 15.9. The van der Waals surface area contributed by atoms with E-state index in [1.807, 2.05) is 20.8 Å². The Balaban J connectivity index is 2.76. The number of benzene rings is 1. The summed E-state index contributed by atoms with van der Waals surface area (Å²) in [6.45, 7) is 5.37. The Bertz CT molecular complexity index is 508. The first-order valence-corrected chi connectivity index (χ1v) is 5.99. The van der Waals surface area contributed by atoms with E-state index >= 15 is 0 Å². The van der Waals surface area contributed by atoms with Gasteiger partial charge in [0.05, 0.1) is 17.6 Å². The van der Waals surface area contributed by atoms with Crippen LogP contribution in [0.15, 0.2) is 18.2 Å². The van der Waals surface area contributed by atoms with Gasteiger partial charge >= 0.3 is 5.69 Å². The summed E-state index contributed by atoms with van der Waals surface area (Å²) in [4.78, 5) is 22.0. The van der Waals surface area contributed by atoms with E-state index in [2.05, 4.69) is 5.32 Å². The molecule has 20 heavy (non-hydrogen) atoms. The normalized spacial score (nSPS) is 11.0. The summed E-state index contributed by atoms with van der Waals surface area (Å²) in [6.07, 6.45) is 0. The van der Waals surface area contributed by atoms with Gasteiger partial charge in [0, 0.05) is 11.8 Å². The highest BCUT2D eigenvalue weighted by molar-refractivity contribution is 5.92. The van der Waals surface area contributed by atoms with E-state index in [9.17, 15) is 14.9 Å². The number of carbonyl (C=O) groups excluding carboxylic acids is 1. The molecule has 7 heteroatoms. The molecule has 0 aliphatic carbocycles. The van der Waals surface area contributed by atoms with Crippen molar-refractivity contribution in [2.24, 2.45) is 0 Å². The van der Waals surface area contributed by atoms with Crippen molar-refractivity contribution < 1.29 is 19.2 Å². The number of carbonyl (C=O) groups is 1. The van der Waals surface area contributed by atoms with Crippen LogP contribution < -0.4 is 10.1 Å². The number of ether oxygens (including phenoxy) is 2. The molecule has 1 aromatic rings. The van der Waals surface area contributed by atoms with Crippen molar-refractivity contribution >= 4 is 17.3 Å². The van der Waals surface area contributed by atoms with Gasteiger partial charge in [0.2, 0.25) is 5.91 Å². The first-order valence-electron chi connectivity index (χ1n) is 5.99. The van der Waals surface area contributed by atoms with E-state index in [0.29, 0.717) is 5.69 Å². The number of nitro groups is 1. The van der Waals surface area contributed by atoms with Crippen molar-refractivity contribution in [1.29, 1.82) is 0 Å². The second-order valence-electron chi connectivity index (χ2n) is 5.09. The monoisotopic (exact) mass is 282 g/mol. The van der Waals surface area contributed by atoms with E-state index in [1.165, 1.54) is 25.3 Å². The number of hydrogen-bond donors (Lipinski definition) is 1. The third-order valence-corrected chi connectivity index (χ3v) is 2.30. The van der Waals surface area contributed by atoms with Crippen LogP contribution in [0, 0.1) is 10.1 Å². The van der Waals surface area contributed by atoms with Crippen molar-refractivity contribution in [2.75, 3.05) is 19.0 Å². The van der Waals surface area contributed by atoms with Crippen LogP contribution in [0.1, 0.15) is 20.8 Å². The molecule has 1 amide bonds. The van der Waals surface area contributed by atoms with Gasteiger partial charge in [-0.15, -0.1) is 0 Å². The lowest BCUT2D eigenvalue weighted by molar-refractivity contribution is -0.385. The van der Waals surface area contributed by atoms with E-state index in [-0.39, 0.29) is 24.0 Å². The minimum atomic E-state index is -0.569. The average molecular weight is 282 g/mol. The number of anilines is 1. The molecule has 0 unspecified atom stereocenters. The van der Waals surface area contributed by atoms with Gasteiger partial charge < -0.3 is 14.8 Å². The maximum absolute atomic E-state index is 11.7. The molecule has 1 rings (SSSR count). The summed E-state index contributed by atoms with van der Waals surface area (Å²) in [5.41, 5.74) is -0.314. The average Bonchev–Trinajstić information content (AvgIpc) is 2.35. The first-order chi connectivity index (χ1) is 9.23. The van der Waals surface area contributed by atoms with Crippen molar-refractivity contribution in [3.8, 4) is 5.75 Å². The molecule has 0 aliphatic heterocycles. The Hall–Kier alpha value is -2.15. The Morgan fingerprint density at radius 3 is 2.55 bits per heavy atom. The summed E-state index contributed by atoms with van der Waals surface area (Å²) in [7, 11) is 1.34. The molecule has 0 fully saturated rings. The predicted molar refractivity (Wildman–Crippen MR) is 74.0 cm³/mol. The smallest absolute Gasteiger partial charge is 0.312 e. The fourth-order valence-electron chi connectivity index (χ4n) is 1.39. The molecular formula is C13H18N2O5. The van der Waals surface area contributed by atoms with Crippen molar-refractivity contribution in [2.45, 2.75) is 26.4 Å². The van der Waals surface area contributed by atoms with Crippen molar-refractivity contribution in [1.82, 2.24) is 0 Å². The lowest BCUT2D eigenvalue weighted by atomic mass is 10.2. The third-order valence-electron chi connectivity index (χ3n) is 2.30. The standard InChI is InChI=1S/C13H18N2O5/c1-13(2,3)20-8-12(16)14-9-5-6-11(19-4)10(7-9)15(17)18/h5-7H,8H2,1-4H3,(H,14,16). The number of nitrogens with one attached hydrogen (secondary N) is 1. The van der Waals surface area contributed by atoms with Crippen molar-refractivity contribution in [3.05, 3.63) is 28.3 Å². The Morgan fingerprint density at radius 1 is 1.40 bits per heavy atom. The molecule has 0 saturated carbocycles. The number of nitrogens with zero attached hydrogens (tertiary/aromatic N) is 1. The zero-order valence-corrected chi connectivity index (χ0v) is 11.9. The minimum Gasteiger partial charge on any atom is -0.490 e. The summed E-state index contributed by atoms with van der Waals surface area (Å²) in [6, 6.07) is 4.20. The summed E-state index contributed by atoms with van der Waals surface area (Å²) < 4.78 is 10.2. The van der Waals surface area contributed by atoms with Gasteiger partial charge in [-0.25, -0.2) is 0 Å². The Labute approximate surface area is 117 Å². The lowest BCUT2D eigenvalue weighted by Crippen LogP contribution is -2.27. The fourth-order valence-corrected chi connectivity index (χ4v) is 1.39. The maximum atomic E-state index is 11.7. The van der Waals surface area contributed by atoms with Crippen LogP contribution in [-0.2, 0) is 9.53 Å². The van der Waals surface area contributed by atoms with Crippen LogP contribution in [0.4, 0.5) is 11.4 Å². The highest BCUT2D eigenvalue weighted by Crippen LogP contribution is 2.29. The van der Waals surface area contributed by atoms with Crippen LogP contribution in [0.2, 0.25) is 0 Å². The fraction of sp³-hybridized carbons (Fsp3) is 0.462. The maximum Gasteiger partial charge on any atom is 0.312 e. The topological polar surface area (TPSA) is 90.7 Å². The number of nitro benzene ring substituents is 1. The molecule has 0 radical (unpaired) electrons. The van der Waals surface area contributed by atoms with E-state index in [0.717, 1.165) is 0 Å². The molecule has 1 aromatic carbocycles. The molecule has 0 heterocycles. The summed E-state index contributed by atoms with van der Waals surface area (Å²) in [5.74, 6) is -0.238. The predicted octanol–water partition coefficient (Wildman–Crippen LogP) is 2.36. The van der Waals surface area contributed by atoms with E-state index in [1.54, 1.807) is 0 Å². The number of hydrogen-bond acceptors (Lipinski definition) is 5. The van der Waals surface area contributed by atoms with Gasteiger partial charge in [-0.2, -0.15) is 0 Å². The second kappa shape index (κ2) is 6.33. The van der Waals surface area contributed by atoms with Gasteiger partial charge in [0.15, 0.2) is 5.75 Å². The molecule has 7 nitrogen and oxygen atoms in total. The lowest BCUT2D eigenvalue weighted by Gasteiger charge is -2.19. The molecule has 0 aromatic heterocycles. The van der Waals surface area contributed by atoms with Crippen LogP contribution >= 0.6 is 0 Å². The Kier molecular flexibility index (Phi) is 5.04. The molecule has 0 spiro atoms. The zero-order chi connectivity index (χ0) is 15.3. The van der Waals surface area contributed by atoms with E-state index in [4.69, 9.17) is 9.47 Å². The van der Waals surface area contributed by atoms with Gasteiger partial charge in [-0.05, 0) is 32.9 Å². The molecule has 1 N–H and O–H groups in total. The molecule has 0 saturated heterocycles. The quantitative estimate of drug-likeness (QED) is 0.661. The third kappa shape index (κ3) is 4.85. The van der Waals surface area contributed by atoms with Crippen molar-refractivity contribution in [3.63, 3.8) is 0 Å². The van der Waals surface area contributed by atoms with Gasteiger partial charge in [-0.3, -0.25) is 14.9 Å². The highest BCUT2D eigenvalue weighted by Gasteiger charge is 2.17. The number of methoxy groups -OCH3 is 1. The van der Waals surface area contributed by atoms with Crippen LogP contribution in [0.3, 0.4) is 0 Å². The number of amides is 1. The Morgan fingerprint density at radius 2 is 2.05 bits per heavy atom. The zero-order valence-electron chi connectivity index (χ0n) is 11.9. The number of rotatable bonds is 5. The van der Waals surface area contributed by atoms with Gasteiger partial charge in [-0.1, -0.05) is 0 Å². The van der Waals surface area contributed by atoms with Crippen LogP contribution in [-0.4, -0.2) is 30.1 Å². The van der Waals surface area contributed by atoms with Gasteiger partial charge in [0.25, 0.3) is 0 Å². The highest BCUT2D eigenvalue weighted by atomic mass is 16.6. The van der Waals surface area contributed by atoms with Crippen LogP contribution in [0.25, 0.3) is 0 Å². The summed E-state index contributed by atoms with van der Waals surface area (Å²) >= 11 is 0. The van der Waals surface area contributed by atoms with E-state index < -0.39 is 10.5 Å². The molecule has 110 valence electrons. The SMILES string of the molecule is COc1ccc(NC(=O)COC(C)(C)C)cc1[N+](=O)[O-]. The van der Waals surface area contributed by atoms with Gasteiger partial charge in [0.1, 0.15) is 6.61 Å². The second-order valence-corrected chi connectivity index (χ2v) is 5.09. The molecular weight excluding hydrogens is 264 g/mol. The summed E-state index contributed by atoms with van der Waals surface area (Å²) in [5, 5.41) is 13.4.